The molecule has 0 unspecified atom stereocenters. The van der Waals surface area contributed by atoms with Gasteiger partial charge in [0, 0.05) is 23.2 Å². The first-order valence-electron chi connectivity index (χ1n) is 6.51. The third-order valence-electron chi connectivity index (χ3n) is 3.13. The molecule has 0 amide bonds. The van der Waals surface area contributed by atoms with Gasteiger partial charge in [0.2, 0.25) is 0 Å². The van der Waals surface area contributed by atoms with E-state index in [9.17, 15) is 9.50 Å². The van der Waals surface area contributed by atoms with Crippen molar-refractivity contribution in [3.8, 4) is 0 Å². The molecule has 2 N–H and O–H groups in total. The molecule has 0 fully saturated rings. The minimum atomic E-state index is -0.293. The zero-order chi connectivity index (χ0) is 14.4. The first kappa shape index (κ1) is 15.0. The molecule has 1 atom stereocenters. The van der Waals surface area contributed by atoms with Crippen molar-refractivity contribution in [2.24, 2.45) is 0 Å². The Bertz CT molecular complexity index is 547. The summed E-state index contributed by atoms with van der Waals surface area (Å²) >= 11 is 5.85. The molecule has 0 aliphatic rings. The molecule has 2 rings (SSSR count). The highest BCUT2D eigenvalue weighted by Crippen LogP contribution is 2.15. The maximum atomic E-state index is 13.6. The second-order valence-electron chi connectivity index (χ2n) is 4.69. The summed E-state index contributed by atoms with van der Waals surface area (Å²) in [5.74, 6) is -0.293. The maximum absolute atomic E-state index is 13.6. The van der Waals surface area contributed by atoms with E-state index in [-0.39, 0.29) is 18.5 Å². The summed E-state index contributed by atoms with van der Waals surface area (Å²) in [6, 6.07) is 14.2. The van der Waals surface area contributed by atoms with Crippen LogP contribution in [0.25, 0.3) is 0 Å². The molecule has 0 aromatic heterocycles. The molecule has 0 aliphatic carbocycles. The molecule has 106 valence electrons. The van der Waals surface area contributed by atoms with Crippen LogP contribution in [0.3, 0.4) is 0 Å². The lowest BCUT2D eigenvalue weighted by Crippen LogP contribution is -2.34. The van der Waals surface area contributed by atoms with Crippen LogP contribution in [0.5, 0.6) is 0 Å². The number of aliphatic hydroxyl groups excluding tert-OH is 1. The lowest BCUT2D eigenvalue weighted by atomic mass is 10.1. The van der Waals surface area contributed by atoms with E-state index < -0.39 is 0 Å². The Morgan fingerprint density at radius 2 is 1.90 bits per heavy atom. The maximum Gasteiger partial charge on any atom is 0.127 e. The van der Waals surface area contributed by atoms with Crippen molar-refractivity contribution >= 4 is 11.6 Å². The standard InChI is InChI=1S/C16H17ClFNO/c17-14-6-7-16(18)13(9-14)10-19-15(11-20)8-12-4-2-1-3-5-12/h1-7,9,15,19-20H,8,10-11H2/t15-/m0/s1. The van der Waals surface area contributed by atoms with Gasteiger partial charge in [-0.1, -0.05) is 41.9 Å². The van der Waals surface area contributed by atoms with Gasteiger partial charge >= 0.3 is 0 Å². The van der Waals surface area contributed by atoms with Gasteiger partial charge in [0.05, 0.1) is 6.61 Å². The largest absolute Gasteiger partial charge is 0.395 e. The van der Waals surface area contributed by atoms with Crippen molar-refractivity contribution in [2.75, 3.05) is 6.61 Å². The first-order chi connectivity index (χ1) is 9.69. The van der Waals surface area contributed by atoms with Crippen LogP contribution in [0.1, 0.15) is 11.1 Å². The highest BCUT2D eigenvalue weighted by atomic mass is 35.5. The van der Waals surface area contributed by atoms with Crippen LogP contribution in [-0.4, -0.2) is 17.8 Å². The van der Waals surface area contributed by atoms with Gasteiger partial charge in [-0.15, -0.1) is 0 Å². The first-order valence-corrected chi connectivity index (χ1v) is 6.89. The quantitative estimate of drug-likeness (QED) is 0.857. The monoisotopic (exact) mass is 293 g/mol. The van der Waals surface area contributed by atoms with Crippen molar-refractivity contribution < 1.29 is 9.50 Å². The number of hydrogen-bond acceptors (Lipinski definition) is 2. The Kier molecular flexibility index (Phi) is 5.53. The van der Waals surface area contributed by atoms with Gasteiger partial charge in [0.1, 0.15) is 5.82 Å². The van der Waals surface area contributed by atoms with Crippen LogP contribution in [0.15, 0.2) is 48.5 Å². The minimum absolute atomic E-state index is 0.00290. The molecule has 0 spiro atoms. The molecule has 0 bridgehead atoms. The molecule has 0 saturated heterocycles. The third kappa shape index (κ3) is 4.30. The van der Waals surface area contributed by atoms with Gasteiger partial charge in [-0.05, 0) is 30.2 Å². The molecular formula is C16H17ClFNO. The lowest BCUT2D eigenvalue weighted by molar-refractivity contribution is 0.240. The summed E-state index contributed by atoms with van der Waals surface area (Å²) in [5, 5.41) is 13.1. The Balaban J connectivity index is 1.95. The molecule has 20 heavy (non-hydrogen) atoms. The molecule has 0 radical (unpaired) electrons. The number of hydrogen-bond donors (Lipinski definition) is 2. The molecule has 4 heteroatoms. The molecule has 0 saturated carbocycles. The second kappa shape index (κ2) is 7.39. The zero-order valence-corrected chi connectivity index (χ0v) is 11.8. The van der Waals surface area contributed by atoms with Crippen LogP contribution in [-0.2, 0) is 13.0 Å². The molecule has 2 nitrogen and oxygen atoms in total. The second-order valence-corrected chi connectivity index (χ2v) is 5.12. The number of rotatable bonds is 6. The van der Waals surface area contributed by atoms with Crippen LogP contribution in [0.2, 0.25) is 5.02 Å². The fraction of sp³-hybridized carbons (Fsp3) is 0.250. The van der Waals surface area contributed by atoms with Crippen molar-refractivity contribution in [1.82, 2.24) is 5.32 Å². The van der Waals surface area contributed by atoms with E-state index in [0.29, 0.717) is 23.6 Å². The van der Waals surface area contributed by atoms with Crippen molar-refractivity contribution in [1.29, 1.82) is 0 Å². The predicted octanol–water partition coefficient (Wildman–Crippen LogP) is 3.17. The number of nitrogens with one attached hydrogen (secondary N) is 1. The van der Waals surface area contributed by atoms with E-state index in [2.05, 4.69) is 5.32 Å². The summed E-state index contributed by atoms with van der Waals surface area (Å²) in [6.45, 7) is 0.335. The van der Waals surface area contributed by atoms with E-state index >= 15 is 0 Å². The van der Waals surface area contributed by atoms with Gasteiger partial charge in [0.15, 0.2) is 0 Å². The number of aliphatic hydroxyl groups is 1. The summed E-state index contributed by atoms with van der Waals surface area (Å²) in [4.78, 5) is 0. The SMILES string of the molecule is OC[C@H](Cc1ccccc1)NCc1cc(Cl)ccc1F. The van der Waals surface area contributed by atoms with Gasteiger partial charge in [-0.25, -0.2) is 4.39 Å². The smallest absolute Gasteiger partial charge is 0.127 e. The van der Waals surface area contributed by atoms with Crippen molar-refractivity contribution in [2.45, 2.75) is 19.0 Å². The Labute approximate surface area is 123 Å². The average molecular weight is 294 g/mol. The number of benzene rings is 2. The molecular weight excluding hydrogens is 277 g/mol. The molecule has 2 aromatic carbocycles. The van der Waals surface area contributed by atoms with Crippen LogP contribution in [0, 0.1) is 5.82 Å². The molecule has 0 heterocycles. The van der Waals surface area contributed by atoms with Crippen LogP contribution in [0.4, 0.5) is 4.39 Å². The average Bonchev–Trinajstić information content (AvgIpc) is 2.47. The topological polar surface area (TPSA) is 32.3 Å². The lowest BCUT2D eigenvalue weighted by Gasteiger charge is -2.16. The summed E-state index contributed by atoms with van der Waals surface area (Å²) in [5.41, 5.74) is 1.63. The highest BCUT2D eigenvalue weighted by Gasteiger charge is 2.10. The Morgan fingerprint density at radius 3 is 2.60 bits per heavy atom. The van der Waals surface area contributed by atoms with E-state index in [1.807, 2.05) is 30.3 Å². The van der Waals surface area contributed by atoms with Gasteiger partial charge in [-0.3, -0.25) is 0 Å². The Morgan fingerprint density at radius 1 is 1.15 bits per heavy atom. The van der Waals surface area contributed by atoms with Gasteiger partial charge in [-0.2, -0.15) is 0 Å². The van der Waals surface area contributed by atoms with Gasteiger partial charge < -0.3 is 10.4 Å². The van der Waals surface area contributed by atoms with Gasteiger partial charge in [0.25, 0.3) is 0 Å². The van der Waals surface area contributed by atoms with Crippen molar-refractivity contribution in [3.63, 3.8) is 0 Å². The van der Waals surface area contributed by atoms with Crippen LogP contribution >= 0.6 is 11.6 Å². The van der Waals surface area contributed by atoms with E-state index in [0.717, 1.165) is 5.56 Å². The highest BCUT2D eigenvalue weighted by molar-refractivity contribution is 6.30. The Hall–Kier alpha value is -1.42. The normalized spacial score (nSPS) is 12.3. The fourth-order valence-electron chi connectivity index (χ4n) is 2.03. The van der Waals surface area contributed by atoms with E-state index in [1.54, 1.807) is 6.07 Å². The van der Waals surface area contributed by atoms with E-state index in [4.69, 9.17) is 11.6 Å². The molecule has 2 aromatic rings. The summed E-state index contributed by atoms with van der Waals surface area (Å²) < 4.78 is 13.6. The predicted molar refractivity (Wildman–Crippen MR) is 79.3 cm³/mol. The molecule has 0 aliphatic heterocycles. The van der Waals surface area contributed by atoms with Crippen molar-refractivity contribution in [3.05, 3.63) is 70.5 Å². The third-order valence-corrected chi connectivity index (χ3v) is 3.37. The zero-order valence-electron chi connectivity index (χ0n) is 11.0. The minimum Gasteiger partial charge on any atom is -0.395 e. The van der Waals surface area contributed by atoms with E-state index in [1.165, 1.54) is 12.1 Å². The fourth-order valence-corrected chi connectivity index (χ4v) is 2.23. The van der Waals surface area contributed by atoms with Crippen LogP contribution < -0.4 is 5.32 Å². The summed E-state index contributed by atoms with van der Waals surface area (Å²) in [6.07, 6.45) is 0.694. The summed E-state index contributed by atoms with van der Waals surface area (Å²) in [7, 11) is 0. The number of halogens is 2.